The van der Waals surface area contributed by atoms with Gasteiger partial charge in [0.15, 0.2) is 6.10 Å². The van der Waals surface area contributed by atoms with Crippen LogP contribution < -0.4 is 15.4 Å². The van der Waals surface area contributed by atoms with Gasteiger partial charge in [-0.25, -0.2) is 0 Å². The molecule has 0 radical (unpaired) electrons. The van der Waals surface area contributed by atoms with Gasteiger partial charge in [-0.1, -0.05) is 52.0 Å². The maximum Gasteiger partial charge on any atom is 0.265 e. The number of rotatable bonds is 7. The van der Waals surface area contributed by atoms with Crippen LogP contribution in [0.2, 0.25) is 0 Å². The normalized spacial score (nSPS) is 12.1. The lowest BCUT2D eigenvalue weighted by molar-refractivity contribution is -0.122. The van der Waals surface area contributed by atoms with Crippen molar-refractivity contribution in [3.8, 4) is 5.75 Å². The van der Waals surface area contributed by atoms with Crippen molar-refractivity contribution in [3.63, 3.8) is 0 Å². The molecule has 5 nitrogen and oxygen atoms in total. The van der Waals surface area contributed by atoms with Crippen molar-refractivity contribution in [1.82, 2.24) is 0 Å². The van der Waals surface area contributed by atoms with Crippen LogP contribution in [0.15, 0.2) is 66.7 Å². The molecule has 0 aliphatic heterocycles. The first-order chi connectivity index (χ1) is 16.1. The average molecular weight is 459 g/mol. The topological polar surface area (TPSA) is 67.4 Å². The monoisotopic (exact) mass is 458 g/mol. The number of ether oxygens (including phenoxy) is 1. The van der Waals surface area contributed by atoms with Crippen LogP contribution >= 0.6 is 0 Å². The summed E-state index contributed by atoms with van der Waals surface area (Å²) < 4.78 is 5.94. The quantitative estimate of drug-likeness (QED) is 0.416. The first-order valence-electron chi connectivity index (χ1n) is 11.6. The molecule has 34 heavy (non-hydrogen) atoms. The molecule has 3 rings (SSSR count). The van der Waals surface area contributed by atoms with Crippen LogP contribution in [0.5, 0.6) is 5.75 Å². The molecule has 0 saturated carbocycles. The third-order valence-corrected chi connectivity index (χ3v) is 5.82. The van der Waals surface area contributed by atoms with Crippen molar-refractivity contribution in [2.45, 2.75) is 59.5 Å². The van der Waals surface area contributed by atoms with Crippen molar-refractivity contribution in [3.05, 3.63) is 89.0 Å². The van der Waals surface area contributed by atoms with Crippen molar-refractivity contribution in [2.75, 3.05) is 10.6 Å². The summed E-state index contributed by atoms with van der Waals surface area (Å²) in [5.41, 5.74) is 5.26. The van der Waals surface area contributed by atoms with Gasteiger partial charge in [0.1, 0.15) is 5.75 Å². The van der Waals surface area contributed by atoms with Gasteiger partial charge in [0, 0.05) is 16.9 Å². The van der Waals surface area contributed by atoms with E-state index in [1.807, 2.05) is 63.2 Å². The van der Waals surface area contributed by atoms with E-state index >= 15 is 0 Å². The van der Waals surface area contributed by atoms with Gasteiger partial charge in [-0.3, -0.25) is 9.59 Å². The zero-order valence-electron chi connectivity index (χ0n) is 20.9. The number of benzene rings is 3. The predicted octanol–water partition coefficient (Wildman–Crippen LogP) is 6.65. The Hall–Kier alpha value is -3.60. The molecule has 5 heteroatoms. The van der Waals surface area contributed by atoms with E-state index < -0.39 is 6.10 Å². The number of nitrogens with one attached hydrogen (secondary N) is 2. The lowest BCUT2D eigenvalue weighted by atomic mass is 9.87. The molecule has 2 amide bonds. The van der Waals surface area contributed by atoms with Crippen molar-refractivity contribution in [2.24, 2.45) is 0 Å². The molecule has 1 atom stereocenters. The van der Waals surface area contributed by atoms with Crippen LogP contribution in [0.1, 0.15) is 61.2 Å². The zero-order chi connectivity index (χ0) is 24.9. The van der Waals surface area contributed by atoms with E-state index in [4.69, 9.17) is 4.74 Å². The summed E-state index contributed by atoms with van der Waals surface area (Å²) in [6, 6.07) is 20.5. The Morgan fingerprint density at radius 1 is 0.853 bits per heavy atom. The van der Waals surface area contributed by atoms with Crippen molar-refractivity contribution >= 4 is 23.2 Å². The molecular weight excluding hydrogens is 424 g/mol. The largest absolute Gasteiger partial charge is 0.481 e. The molecular formula is C29H34N2O3. The fourth-order valence-corrected chi connectivity index (χ4v) is 3.50. The number of amides is 2. The second-order valence-corrected chi connectivity index (χ2v) is 9.61. The summed E-state index contributed by atoms with van der Waals surface area (Å²) in [5, 5.41) is 5.80. The van der Waals surface area contributed by atoms with E-state index in [-0.39, 0.29) is 17.2 Å². The molecule has 2 N–H and O–H groups in total. The van der Waals surface area contributed by atoms with Gasteiger partial charge in [0.05, 0.1) is 0 Å². The van der Waals surface area contributed by atoms with Gasteiger partial charge in [0.25, 0.3) is 11.8 Å². The molecule has 178 valence electrons. The molecule has 0 heterocycles. The van der Waals surface area contributed by atoms with Crippen LogP contribution in [0.3, 0.4) is 0 Å². The highest BCUT2D eigenvalue weighted by Crippen LogP contribution is 2.23. The number of hydrogen-bond donors (Lipinski definition) is 2. The fraction of sp³-hybridized carbons (Fsp3) is 0.310. The molecule has 0 aliphatic rings. The number of aryl methyl sites for hydroxylation is 2. The molecule has 0 spiro atoms. The minimum atomic E-state index is -0.623. The Kier molecular flexibility index (Phi) is 7.77. The van der Waals surface area contributed by atoms with Gasteiger partial charge >= 0.3 is 0 Å². The summed E-state index contributed by atoms with van der Waals surface area (Å²) in [6.07, 6.45) is -0.0959. The van der Waals surface area contributed by atoms with Crippen LogP contribution in [0.25, 0.3) is 0 Å². The van der Waals surface area contributed by atoms with E-state index in [0.717, 1.165) is 5.56 Å². The van der Waals surface area contributed by atoms with E-state index in [1.54, 1.807) is 24.3 Å². The molecule has 0 bridgehead atoms. The van der Waals surface area contributed by atoms with Gasteiger partial charge in [-0.05, 0) is 84.8 Å². The molecule has 0 aliphatic carbocycles. The Balaban J connectivity index is 1.65. The van der Waals surface area contributed by atoms with Crippen LogP contribution in [-0.2, 0) is 10.2 Å². The molecule has 3 aromatic rings. The summed E-state index contributed by atoms with van der Waals surface area (Å²) >= 11 is 0. The number of carbonyl (C=O) groups excluding carboxylic acids is 2. The van der Waals surface area contributed by atoms with Crippen molar-refractivity contribution in [1.29, 1.82) is 0 Å². The Bertz CT molecular complexity index is 1160. The summed E-state index contributed by atoms with van der Waals surface area (Å²) in [4.78, 5) is 25.5. The third kappa shape index (κ3) is 6.47. The van der Waals surface area contributed by atoms with Gasteiger partial charge < -0.3 is 15.4 Å². The van der Waals surface area contributed by atoms with Gasteiger partial charge in [-0.2, -0.15) is 0 Å². The SMILES string of the molecule is CCC(Oc1ccc(C)c(C)c1)C(=O)Nc1cccc(NC(=O)c2ccc(C(C)(C)C)cc2)c1. The highest BCUT2D eigenvalue weighted by Gasteiger charge is 2.19. The minimum absolute atomic E-state index is 0.0277. The Labute approximate surface area is 202 Å². The van der Waals surface area contributed by atoms with Crippen LogP contribution in [0.4, 0.5) is 11.4 Å². The van der Waals surface area contributed by atoms with Crippen molar-refractivity contribution < 1.29 is 14.3 Å². The molecule has 0 aromatic heterocycles. The van der Waals surface area contributed by atoms with Gasteiger partial charge in [0.2, 0.25) is 0 Å². The van der Waals surface area contributed by atoms with Crippen LogP contribution in [-0.4, -0.2) is 17.9 Å². The van der Waals surface area contributed by atoms with E-state index in [2.05, 4.69) is 31.4 Å². The Morgan fingerprint density at radius 3 is 2.09 bits per heavy atom. The fourth-order valence-electron chi connectivity index (χ4n) is 3.50. The lowest BCUT2D eigenvalue weighted by Crippen LogP contribution is -2.32. The van der Waals surface area contributed by atoms with Crippen LogP contribution in [0, 0.1) is 13.8 Å². The minimum Gasteiger partial charge on any atom is -0.481 e. The number of carbonyl (C=O) groups is 2. The van der Waals surface area contributed by atoms with E-state index in [1.165, 1.54) is 11.1 Å². The van der Waals surface area contributed by atoms with E-state index in [0.29, 0.717) is 29.1 Å². The highest BCUT2D eigenvalue weighted by molar-refractivity contribution is 6.04. The first-order valence-corrected chi connectivity index (χ1v) is 11.6. The second kappa shape index (κ2) is 10.6. The molecule has 1 unspecified atom stereocenters. The molecule has 0 saturated heterocycles. The standard InChI is InChI=1S/C29H34N2O3/c1-7-26(34-25-16-11-19(2)20(3)17-25)28(33)31-24-10-8-9-23(18-24)30-27(32)21-12-14-22(15-13-21)29(4,5)6/h8-18,26H,7H2,1-6H3,(H,30,32)(H,31,33). The maximum absolute atomic E-state index is 12.8. The second-order valence-electron chi connectivity index (χ2n) is 9.61. The van der Waals surface area contributed by atoms with Gasteiger partial charge in [-0.15, -0.1) is 0 Å². The molecule has 3 aromatic carbocycles. The Morgan fingerprint density at radius 2 is 1.50 bits per heavy atom. The van der Waals surface area contributed by atoms with E-state index in [9.17, 15) is 9.59 Å². The smallest absolute Gasteiger partial charge is 0.265 e. The number of hydrogen-bond acceptors (Lipinski definition) is 3. The summed E-state index contributed by atoms with van der Waals surface area (Å²) in [5.74, 6) is 0.235. The number of anilines is 2. The maximum atomic E-state index is 12.8. The highest BCUT2D eigenvalue weighted by atomic mass is 16.5. The first kappa shape index (κ1) is 25.0. The lowest BCUT2D eigenvalue weighted by Gasteiger charge is -2.19. The summed E-state index contributed by atoms with van der Waals surface area (Å²) in [7, 11) is 0. The third-order valence-electron chi connectivity index (χ3n) is 5.82. The molecule has 0 fully saturated rings. The average Bonchev–Trinajstić information content (AvgIpc) is 2.79. The predicted molar refractivity (Wildman–Crippen MR) is 139 cm³/mol. The zero-order valence-corrected chi connectivity index (χ0v) is 20.9. The summed E-state index contributed by atoms with van der Waals surface area (Å²) in [6.45, 7) is 12.4.